The molecule has 0 radical (unpaired) electrons. The highest BCUT2D eigenvalue weighted by Gasteiger charge is 2.29. The molecule has 0 saturated carbocycles. The van der Waals surface area contributed by atoms with Gasteiger partial charge in [0.25, 0.3) is 0 Å². The molecule has 0 atom stereocenters. The zero-order valence-corrected chi connectivity index (χ0v) is 13.7. The minimum Gasteiger partial charge on any atom is -0.326 e. The van der Waals surface area contributed by atoms with Gasteiger partial charge in [-0.05, 0) is 25.7 Å². The molecule has 0 spiro atoms. The van der Waals surface area contributed by atoms with E-state index in [1.54, 1.807) is 0 Å². The third kappa shape index (κ3) is 4.19. The fourth-order valence-corrected chi connectivity index (χ4v) is 1.97. The lowest BCUT2D eigenvalue weighted by molar-refractivity contribution is 0.0840. The Balaban J connectivity index is 3.20. The molecular weight excluding hydrogens is 236 g/mol. The lowest BCUT2D eigenvalue weighted by Crippen LogP contribution is -2.24. The van der Waals surface area contributed by atoms with Gasteiger partial charge in [-0.2, -0.15) is 0 Å². The van der Waals surface area contributed by atoms with Crippen LogP contribution in [0.2, 0.25) is 0 Å². The second kappa shape index (κ2) is 5.10. The van der Waals surface area contributed by atoms with Crippen molar-refractivity contribution in [2.24, 2.45) is 10.8 Å². The first kappa shape index (κ1) is 15.9. The van der Waals surface area contributed by atoms with Gasteiger partial charge in [-0.15, -0.1) is 0 Å². The van der Waals surface area contributed by atoms with Gasteiger partial charge >= 0.3 is 0 Å². The topological polar surface area (TPSA) is 34.9 Å². The number of hydrogen-bond acceptors (Lipinski definition) is 2. The predicted molar refractivity (Wildman–Crippen MR) is 79.6 cm³/mol. The van der Waals surface area contributed by atoms with E-state index in [1.165, 1.54) is 0 Å². The fraction of sp³-hybridized carbons (Fsp3) is 0.750. The second-order valence-corrected chi connectivity index (χ2v) is 7.87. The molecule has 1 heterocycles. The molecule has 19 heavy (non-hydrogen) atoms. The summed E-state index contributed by atoms with van der Waals surface area (Å²) < 4.78 is 2.01. The number of rotatable bonds is 3. The highest BCUT2D eigenvalue weighted by atomic mass is 16.1. The van der Waals surface area contributed by atoms with Gasteiger partial charge in [0.2, 0.25) is 5.78 Å². The van der Waals surface area contributed by atoms with E-state index in [9.17, 15) is 4.79 Å². The van der Waals surface area contributed by atoms with Crippen LogP contribution in [0.5, 0.6) is 0 Å². The number of ketones is 1. The summed E-state index contributed by atoms with van der Waals surface area (Å²) in [6, 6.07) is 0.252. The number of nitrogens with zero attached hydrogens (tertiary/aromatic N) is 2. The molecule has 108 valence electrons. The summed E-state index contributed by atoms with van der Waals surface area (Å²) in [5.74, 6) is 0.711. The molecular formula is C16H28N2O. The molecule has 0 unspecified atom stereocenters. The van der Waals surface area contributed by atoms with Crippen LogP contribution in [0.4, 0.5) is 0 Å². The van der Waals surface area contributed by atoms with Crippen LogP contribution in [0.1, 0.15) is 77.7 Å². The number of carbonyl (C=O) groups is 1. The van der Waals surface area contributed by atoms with Crippen molar-refractivity contribution in [3.8, 4) is 0 Å². The molecule has 1 aromatic rings. The number of aromatic nitrogens is 2. The summed E-state index contributed by atoms with van der Waals surface area (Å²) in [5.41, 5.74) is 0.795. The van der Waals surface area contributed by atoms with Crippen molar-refractivity contribution in [3.63, 3.8) is 0 Å². The monoisotopic (exact) mass is 264 g/mol. The van der Waals surface area contributed by atoms with Crippen LogP contribution in [-0.2, 0) is 6.42 Å². The summed E-state index contributed by atoms with van der Waals surface area (Å²) in [7, 11) is 0. The summed E-state index contributed by atoms with van der Waals surface area (Å²) in [5, 5.41) is 0. The molecule has 0 amide bonds. The molecule has 0 N–H and O–H groups in total. The Morgan fingerprint density at radius 3 is 2.11 bits per heavy atom. The van der Waals surface area contributed by atoms with Gasteiger partial charge in [-0.3, -0.25) is 4.79 Å². The number of carbonyl (C=O) groups excluding carboxylic acids is 1. The number of hydrogen-bond donors (Lipinski definition) is 0. The van der Waals surface area contributed by atoms with Gasteiger partial charge in [0.1, 0.15) is 0 Å². The first-order valence-electron chi connectivity index (χ1n) is 7.04. The van der Waals surface area contributed by atoms with Gasteiger partial charge in [-0.1, -0.05) is 41.5 Å². The Kier molecular flexibility index (Phi) is 4.28. The van der Waals surface area contributed by atoms with E-state index in [0.29, 0.717) is 5.82 Å². The minimum absolute atomic E-state index is 0.112. The molecule has 0 fully saturated rings. The van der Waals surface area contributed by atoms with Gasteiger partial charge in [0, 0.05) is 17.7 Å². The smallest absolute Gasteiger partial charge is 0.203 e. The van der Waals surface area contributed by atoms with E-state index in [2.05, 4.69) is 39.6 Å². The van der Waals surface area contributed by atoms with Gasteiger partial charge < -0.3 is 4.57 Å². The van der Waals surface area contributed by atoms with Crippen LogP contribution in [0.3, 0.4) is 0 Å². The maximum Gasteiger partial charge on any atom is 0.203 e. The van der Waals surface area contributed by atoms with Crippen molar-refractivity contribution in [1.29, 1.82) is 0 Å². The van der Waals surface area contributed by atoms with E-state index in [4.69, 9.17) is 0 Å². The zero-order valence-electron chi connectivity index (χ0n) is 13.7. The van der Waals surface area contributed by atoms with E-state index in [-0.39, 0.29) is 17.2 Å². The summed E-state index contributed by atoms with van der Waals surface area (Å²) in [6.45, 7) is 16.6. The molecule has 1 rings (SSSR count). The van der Waals surface area contributed by atoms with Crippen LogP contribution in [0.15, 0.2) is 6.20 Å². The van der Waals surface area contributed by atoms with Crippen molar-refractivity contribution in [2.45, 2.75) is 67.9 Å². The lowest BCUT2D eigenvalue weighted by Gasteiger charge is -2.18. The normalized spacial score (nSPS) is 13.1. The standard InChI is InChI=1S/C16H28N2O/c1-11(2)18-10-12(9-15(3,4)5)17-14(18)13(19)16(6,7)8/h10-11H,9H2,1-8H3. The maximum atomic E-state index is 12.5. The molecule has 0 saturated heterocycles. The van der Waals surface area contributed by atoms with Gasteiger partial charge in [-0.25, -0.2) is 4.98 Å². The molecule has 0 aliphatic rings. The molecule has 3 nitrogen and oxygen atoms in total. The molecule has 0 aliphatic carbocycles. The van der Waals surface area contributed by atoms with E-state index >= 15 is 0 Å². The molecule has 1 aromatic heterocycles. The molecule has 0 bridgehead atoms. The van der Waals surface area contributed by atoms with Gasteiger partial charge in [0.15, 0.2) is 5.82 Å². The first-order valence-corrected chi connectivity index (χ1v) is 7.04. The van der Waals surface area contributed by atoms with E-state index < -0.39 is 5.41 Å². The average Bonchev–Trinajstić information content (AvgIpc) is 2.56. The van der Waals surface area contributed by atoms with Crippen molar-refractivity contribution < 1.29 is 4.79 Å². The van der Waals surface area contributed by atoms with Crippen molar-refractivity contribution in [1.82, 2.24) is 9.55 Å². The van der Waals surface area contributed by atoms with Crippen molar-refractivity contribution in [3.05, 3.63) is 17.7 Å². The van der Waals surface area contributed by atoms with Crippen LogP contribution in [0.25, 0.3) is 0 Å². The maximum absolute atomic E-state index is 12.5. The number of Topliss-reactive ketones (excluding diaryl/α,β-unsaturated/α-hetero) is 1. The van der Waals surface area contributed by atoms with E-state index in [1.807, 2.05) is 31.5 Å². The largest absolute Gasteiger partial charge is 0.326 e. The summed E-state index contributed by atoms with van der Waals surface area (Å²) in [4.78, 5) is 17.1. The average molecular weight is 264 g/mol. The second-order valence-electron chi connectivity index (χ2n) is 7.87. The predicted octanol–water partition coefficient (Wildman–Crippen LogP) is 4.28. The molecule has 0 aliphatic heterocycles. The third-order valence-corrected chi connectivity index (χ3v) is 2.93. The van der Waals surface area contributed by atoms with Crippen LogP contribution in [0, 0.1) is 10.8 Å². The Labute approximate surface area is 117 Å². The van der Waals surface area contributed by atoms with Crippen molar-refractivity contribution >= 4 is 5.78 Å². The Morgan fingerprint density at radius 1 is 1.21 bits per heavy atom. The molecule has 0 aromatic carbocycles. The third-order valence-electron chi connectivity index (χ3n) is 2.93. The summed E-state index contributed by atoms with van der Waals surface area (Å²) >= 11 is 0. The number of imidazole rings is 1. The highest BCUT2D eigenvalue weighted by molar-refractivity contribution is 5.97. The fourth-order valence-electron chi connectivity index (χ4n) is 1.97. The zero-order chi connectivity index (χ0) is 15.0. The van der Waals surface area contributed by atoms with Gasteiger partial charge in [0.05, 0.1) is 5.69 Å². The summed E-state index contributed by atoms with van der Waals surface area (Å²) in [6.07, 6.45) is 2.92. The quantitative estimate of drug-likeness (QED) is 0.764. The first-order chi connectivity index (χ1) is 8.42. The highest BCUT2D eigenvalue weighted by Crippen LogP contribution is 2.25. The van der Waals surface area contributed by atoms with Crippen LogP contribution >= 0.6 is 0 Å². The van der Waals surface area contributed by atoms with Crippen LogP contribution in [-0.4, -0.2) is 15.3 Å². The van der Waals surface area contributed by atoms with Crippen molar-refractivity contribution in [2.75, 3.05) is 0 Å². The Morgan fingerprint density at radius 2 is 1.74 bits per heavy atom. The molecule has 3 heteroatoms. The minimum atomic E-state index is -0.392. The van der Waals surface area contributed by atoms with Crippen LogP contribution < -0.4 is 0 Å². The Bertz CT molecular complexity index is 456. The SMILES string of the molecule is CC(C)n1cc(CC(C)(C)C)nc1C(=O)C(C)(C)C. The lowest BCUT2D eigenvalue weighted by atomic mass is 9.90. The Hall–Kier alpha value is -1.12. The van der Waals surface area contributed by atoms with E-state index in [0.717, 1.165) is 12.1 Å².